The van der Waals surface area contributed by atoms with Gasteiger partial charge in [0, 0.05) is 25.1 Å². The highest BCUT2D eigenvalue weighted by Crippen LogP contribution is 2.42. The summed E-state index contributed by atoms with van der Waals surface area (Å²) in [6, 6.07) is 0.280. The molecule has 0 saturated heterocycles. The van der Waals surface area contributed by atoms with E-state index in [9.17, 15) is 9.90 Å². The fourth-order valence-corrected chi connectivity index (χ4v) is 2.67. The number of nitrogens with one attached hydrogen (secondary N) is 1. The molecule has 1 aliphatic carbocycles. The van der Waals surface area contributed by atoms with Gasteiger partial charge in [-0.15, -0.1) is 0 Å². The van der Waals surface area contributed by atoms with Gasteiger partial charge in [0.25, 0.3) is 5.91 Å². The molecular weight excluding hydrogens is 278 g/mol. The van der Waals surface area contributed by atoms with Crippen LogP contribution in [-0.4, -0.2) is 33.9 Å². The first kappa shape index (κ1) is 17.0. The van der Waals surface area contributed by atoms with Gasteiger partial charge in [-0.3, -0.25) is 9.48 Å². The van der Waals surface area contributed by atoms with Crippen molar-refractivity contribution in [2.75, 3.05) is 13.2 Å². The van der Waals surface area contributed by atoms with Crippen molar-refractivity contribution < 1.29 is 9.90 Å². The van der Waals surface area contributed by atoms with E-state index in [1.807, 2.05) is 18.5 Å². The molecule has 1 aliphatic rings. The van der Waals surface area contributed by atoms with Crippen LogP contribution in [0.2, 0.25) is 0 Å². The Balaban J connectivity index is 1.93. The molecule has 0 aliphatic heterocycles. The summed E-state index contributed by atoms with van der Waals surface area (Å²) in [5, 5.41) is 16.6. The Labute approximate surface area is 133 Å². The summed E-state index contributed by atoms with van der Waals surface area (Å²) in [6.45, 7) is 9.07. The van der Waals surface area contributed by atoms with E-state index < -0.39 is 0 Å². The summed E-state index contributed by atoms with van der Waals surface area (Å²) in [5.74, 6) is 0.481. The van der Waals surface area contributed by atoms with Crippen molar-refractivity contribution in [1.29, 1.82) is 0 Å². The summed E-state index contributed by atoms with van der Waals surface area (Å²) in [4.78, 5) is 12.4. The van der Waals surface area contributed by atoms with Gasteiger partial charge in [0.2, 0.25) is 0 Å². The smallest absolute Gasteiger partial charge is 0.254 e. The second-order valence-electron chi connectivity index (χ2n) is 7.44. The number of hydrogen-bond acceptors (Lipinski definition) is 3. The van der Waals surface area contributed by atoms with Crippen LogP contribution in [0.3, 0.4) is 0 Å². The van der Waals surface area contributed by atoms with Crippen LogP contribution >= 0.6 is 0 Å². The zero-order valence-corrected chi connectivity index (χ0v) is 14.2. The zero-order valence-electron chi connectivity index (χ0n) is 14.2. The summed E-state index contributed by atoms with van der Waals surface area (Å²) in [6.07, 6.45) is 5.79. The minimum Gasteiger partial charge on any atom is -0.396 e. The van der Waals surface area contributed by atoms with Gasteiger partial charge in [0.05, 0.1) is 17.5 Å². The van der Waals surface area contributed by atoms with Crippen LogP contribution in [0, 0.1) is 5.41 Å². The fraction of sp³-hybridized carbons (Fsp3) is 0.765. The average molecular weight is 307 g/mol. The molecule has 1 saturated carbocycles. The quantitative estimate of drug-likeness (QED) is 0.726. The molecule has 0 spiro atoms. The first-order valence-electron chi connectivity index (χ1n) is 8.32. The standard InChI is InChI=1S/C17H29N3O2/c1-12(2)20-15(13-6-7-13)14(10-19-20)16(22)18-9-5-8-17(3,4)11-21/h10,12-13,21H,5-9,11H2,1-4H3,(H,18,22). The Kier molecular flexibility index (Phi) is 5.27. The first-order valence-corrected chi connectivity index (χ1v) is 8.32. The number of rotatable bonds is 8. The van der Waals surface area contributed by atoms with Crippen LogP contribution in [-0.2, 0) is 0 Å². The van der Waals surface area contributed by atoms with Gasteiger partial charge in [0.15, 0.2) is 0 Å². The van der Waals surface area contributed by atoms with Crippen molar-refractivity contribution in [3.05, 3.63) is 17.5 Å². The number of aliphatic hydroxyl groups is 1. The van der Waals surface area contributed by atoms with E-state index in [1.54, 1.807) is 6.20 Å². The van der Waals surface area contributed by atoms with Crippen molar-refractivity contribution in [3.63, 3.8) is 0 Å². The molecular formula is C17H29N3O2. The van der Waals surface area contributed by atoms with E-state index in [0.717, 1.165) is 36.9 Å². The highest BCUT2D eigenvalue weighted by Gasteiger charge is 2.32. The van der Waals surface area contributed by atoms with Gasteiger partial charge in [-0.2, -0.15) is 5.10 Å². The Hall–Kier alpha value is -1.36. The second kappa shape index (κ2) is 6.82. The molecule has 5 nitrogen and oxygen atoms in total. The SMILES string of the molecule is CC(C)n1ncc(C(=O)NCCCC(C)(C)CO)c1C1CC1. The van der Waals surface area contributed by atoms with Crippen LogP contribution in [0.4, 0.5) is 0 Å². The predicted octanol–water partition coefficient (Wildman–Crippen LogP) is 2.87. The van der Waals surface area contributed by atoms with E-state index in [4.69, 9.17) is 0 Å². The molecule has 0 aromatic carbocycles. The lowest BCUT2D eigenvalue weighted by atomic mass is 9.89. The summed E-state index contributed by atoms with van der Waals surface area (Å²) in [5.41, 5.74) is 1.76. The highest BCUT2D eigenvalue weighted by atomic mass is 16.3. The van der Waals surface area contributed by atoms with Crippen molar-refractivity contribution in [2.45, 2.75) is 65.3 Å². The third-order valence-electron chi connectivity index (χ3n) is 4.28. The maximum absolute atomic E-state index is 12.4. The molecule has 0 unspecified atom stereocenters. The van der Waals surface area contributed by atoms with Gasteiger partial charge in [-0.05, 0) is 44.9 Å². The Bertz CT molecular complexity index is 516. The Morgan fingerprint density at radius 1 is 1.50 bits per heavy atom. The monoisotopic (exact) mass is 307 g/mol. The zero-order chi connectivity index (χ0) is 16.3. The molecule has 124 valence electrons. The van der Waals surface area contributed by atoms with Gasteiger partial charge >= 0.3 is 0 Å². The molecule has 1 heterocycles. The molecule has 0 radical (unpaired) electrons. The molecule has 2 rings (SSSR count). The molecule has 0 bridgehead atoms. The second-order valence-corrected chi connectivity index (χ2v) is 7.44. The van der Waals surface area contributed by atoms with E-state index in [1.165, 1.54) is 0 Å². The lowest BCUT2D eigenvalue weighted by Gasteiger charge is -2.21. The van der Waals surface area contributed by atoms with E-state index in [-0.39, 0.29) is 24.0 Å². The molecule has 22 heavy (non-hydrogen) atoms. The number of aromatic nitrogens is 2. The van der Waals surface area contributed by atoms with Gasteiger partial charge < -0.3 is 10.4 Å². The van der Waals surface area contributed by atoms with Crippen molar-refractivity contribution in [1.82, 2.24) is 15.1 Å². The minimum absolute atomic E-state index is 0.0180. The predicted molar refractivity (Wildman–Crippen MR) is 87.0 cm³/mol. The van der Waals surface area contributed by atoms with Gasteiger partial charge in [-0.1, -0.05) is 13.8 Å². The molecule has 2 N–H and O–H groups in total. The average Bonchev–Trinajstić information content (AvgIpc) is 3.21. The lowest BCUT2D eigenvalue weighted by molar-refractivity contribution is 0.0947. The Morgan fingerprint density at radius 3 is 2.73 bits per heavy atom. The molecule has 1 amide bonds. The highest BCUT2D eigenvalue weighted by molar-refractivity contribution is 5.95. The molecule has 1 aromatic heterocycles. The van der Waals surface area contributed by atoms with Crippen molar-refractivity contribution in [2.24, 2.45) is 5.41 Å². The van der Waals surface area contributed by atoms with Crippen molar-refractivity contribution >= 4 is 5.91 Å². The van der Waals surface area contributed by atoms with E-state index >= 15 is 0 Å². The molecule has 5 heteroatoms. The van der Waals surface area contributed by atoms with Gasteiger partial charge in [-0.25, -0.2) is 0 Å². The largest absolute Gasteiger partial charge is 0.396 e. The third kappa shape index (κ3) is 4.09. The summed E-state index contributed by atoms with van der Waals surface area (Å²) < 4.78 is 1.99. The lowest BCUT2D eigenvalue weighted by Crippen LogP contribution is -2.27. The first-order chi connectivity index (χ1) is 10.4. The summed E-state index contributed by atoms with van der Waals surface area (Å²) >= 11 is 0. The molecule has 1 fully saturated rings. The van der Waals surface area contributed by atoms with E-state index in [2.05, 4.69) is 24.3 Å². The number of nitrogens with zero attached hydrogens (tertiary/aromatic N) is 2. The van der Waals surface area contributed by atoms with Crippen LogP contribution in [0.15, 0.2) is 6.20 Å². The maximum atomic E-state index is 12.4. The topological polar surface area (TPSA) is 67.2 Å². The maximum Gasteiger partial charge on any atom is 0.254 e. The normalized spacial score (nSPS) is 15.4. The number of aliphatic hydroxyl groups excluding tert-OH is 1. The fourth-order valence-electron chi connectivity index (χ4n) is 2.67. The van der Waals surface area contributed by atoms with Crippen molar-refractivity contribution in [3.8, 4) is 0 Å². The van der Waals surface area contributed by atoms with Gasteiger partial charge in [0.1, 0.15) is 0 Å². The van der Waals surface area contributed by atoms with Crippen LogP contribution < -0.4 is 5.32 Å². The molecule has 1 aromatic rings. The van der Waals surface area contributed by atoms with Crippen LogP contribution in [0.5, 0.6) is 0 Å². The number of carbonyl (C=O) groups is 1. The number of amides is 1. The van der Waals surface area contributed by atoms with E-state index in [0.29, 0.717) is 12.5 Å². The summed E-state index contributed by atoms with van der Waals surface area (Å²) in [7, 11) is 0. The molecule has 0 atom stereocenters. The number of carbonyl (C=O) groups excluding carboxylic acids is 1. The van der Waals surface area contributed by atoms with Crippen LogP contribution in [0.25, 0.3) is 0 Å². The number of hydrogen-bond donors (Lipinski definition) is 2. The minimum atomic E-state index is -0.0770. The van der Waals surface area contributed by atoms with Crippen LogP contribution in [0.1, 0.15) is 81.4 Å². The Morgan fingerprint density at radius 2 is 2.18 bits per heavy atom. The third-order valence-corrected chi connectivity index (χ3v) is 4.28.